The minimum absolute atomic E-state index is 0.0317. The quantitative estimate of drug-likeness (QED) is 0.623. The van der Waals surface area contributed by atoms with Crippen molar-refractivity contribution in [1.82, 2.24) is 4.90 Å². The highest BCUT2D eigenvalue weighted by Crippen LogP contribution is 2.32. The zero-order valence-corrected chi connectivity index (χ0v) is 13.0. The second-order valence-electron chi connectivity index (χ2n) is 5.10. The number of amides is 1. The third-order valence-corrected chi connectivity index (χ3v) is 4.17. The monoisotopic (exact) mass is 291 g/mol. The lowest BCUT2D eigenvalue weighted by Crippen LogP contribution is -2.31. The fourth-order valence-electron chi connectivity index (χ4n) is 1.84. The molecule has 4 heteroatoms. The Kier molecular flexibility index (Phi) is 4.42. The van der Waals surface area contributed by atoms with Gasteiger partial charge < -0.3 is 0 Å². The van der Waals surface area contributed by atoms with Crippen molar-refractivity contribution in [2.75, 3.05) is 6.54 Å². The van der Waals surface area contributed by atoms with Crippen molar-refractivity contribution < 1.29 is 4.79 Å². The van der Waals surface area contributed by atoms with Gasteiger partial charge in [-0.05, 0) is 24.5 Å². The third kappa shape index (κ3) is 3.45. The maximum absolute atomic E-state index is 12.3. The summed E-state index contributed by atoms with van der Waals surface area (Å²) in [5.74, 6) is 0.450. The standard InChI is InChI=1S/C15H17NOS2/c1-10(2)9-16-14(17)13(19-15(16)18)8-12-6-4-11(3)5-7-12/h4-8,10H,9H2,1-3H3/b13-8-. The highest BCUT2D eigenvalue weighted by molar-refractivity contribution is 8.26. The predicted octanol–water partition coefficient (Wildman–Crippen LogP) is 3.85. The second kappa shape index (κ2) is 5.88. The topological polar surface area (TPSA) is 20.3 Å². The fraction of sp³-hybridized carbons (Fsp3) is 0.333. The van der Waals surface area contributed by atoms with E-state index in [-0.39, 0.29) is 5.91 Å². The molecular weight excluding hydrogens is 274 g/mol. The lowest BCUT2D eigenvalue weighted by molar-refractivity contribution is -0.122. The first-order valence-electron chi connectivity index (χ1n) is 6.29. The summed E-state index contributed by atoms with van der Waals surface area (Å²) in [6, 6.07) is 8.12. The minimum Gasteiger partial charge on any atom is -0.293 e. The normalized spacial score (nSPS) is 17.9. The molecule has 1 aliphatic heterocycles. The van der Waals surface area contributed by atoms with E-state index in [1.807, 2.05) is 37.3 Å². The number of benzene rings is 1. The smallest absolute Gasteiger partial charge is 0.266 e. The molecule has 1 aromatic carbocycles. The van der Waals surface area contributed by atoms with Crippen molar-refractivity contribution in [3.05, 3.63) is 40.3 Å². The Morgan fingerprint density at radius 1 is 1.32 bits per heavy atom. The van der Waals surface area contributed by atoms with Crippen LogP contribution in [0.2, 0.25) is 0 Å². The second-order valence-corrected chi connectivity index (χ2v) is 6.77. The molecule has 2 rings (SSSR count). The maximum atomic E-state index is 12.3. The predicted molar refractivity (Wildman–Crippen MR) is 85.9 cm³/mol. The van der Waals surface area contributed by atoms with Gasteiger partial charge in [0.15, 0.2) is 0 Å². The molecule has 1 aromatic rings. The van der Waals surface area contributed by atoms with Crippen molar-refractivity contribution in [1.29, 1.82) is 0 Å². The van der Waals surface area contributed by atoms with Gasteiger partial charge in [0.1, 0.15) is 4.32 Å². The minimum atomic E-state index is 0.0317. The molecule has 0 spiro atoms. The number of thioether (sulfide) groups is 1. The molecule has 1 aliphatic rings. The lowest BCUT2D eigenvalue weighted by atomic mass is 10.1. The summed E-state index contributed by atoms with van der Waals surface area (Å²) in [6.45, 7) is 6.91. The third-order valence-electron chi connectivity index (χ3n) is 2.80. The van der Waals surface area contributed by atoms with Crippen LogP contribution < -0.4 is 0 Å². The largest absolute Gasteiger partial charge is 0.293 e. The van der Waals surface area contributed by atoms with Gasteiger partial charge in [-0.25, -0.2) is 0 Å². The molecule has 1 heterocycles. The summed E-state index contributed by atoms with van der Waals surface area (Å²) in [4.78, 5) is 14.7. The van der Waals surface area contributed by atoms with Crippen LogP contribution in [0, 0.1) is 12.8 Å². The molecule has 0 saturated carbocycles. The van der Waals surface area contributed by atoms with Crippen LogP contribution in [0.25, 0.3) is 6.08 Å². The van der Waals surface area contributed by atoms with Gasteiger partial charge in [-0.3, -0.25) is 9.69 Å². The number of carbonyl (C=O) groups excluding carboxylic acids is 1. The number of aryl methyl sites for hydroxylation is 1. The molecule has 0 aromatic heterocycles. The van der Waals surface area contributed by atoms with Crippen LogP contribution in [0.1, 0.15) is 25.0 Å². The Morgan fingerprint density at radius 3 is 2.53 bits per heavy atom. The number of thiocarbonyl (C=S) groups is 1. The van der Waals surface area contributed by atoms with Gasteiger partial charge in [0, 0.05) is 6.54 Å². The van der Waals surface area contributed by atoms with Crippen molar-refractivity contribution >= 4 is 40.3 Å². The van der Waals surface area contributed by atoms with Gasteiger partial charge in [-0.1, -0.05) is 67.7 Å². The van der Waals surface area contributed by atoms with Gasteiger partial charge >= 0.3 is 0 Å². The van der Waals surface area contributed by atoms with Gasteiger partial charge in [0.05, 0.1) is 4.91 Å². The molecule has 100 valence electrons. The van der Waals surface area contributed by atoms with Crippen molar-refractivity contribution in [3.8, 4) is 0 Å². The van der Waals surface area contributed by atoms with Crippen molar-refractivity contribution in [3.63, 3.8) is 0 Å². The Balaban J connectivity index is 2.20. The molecule has 0 unspecified atom stereocenters. The van der Waals surface area contributed by atoms with Crippen LogP contribution >= 0.6 is 24.0 Å². The Morgan fingerprint density at radius 2 is 1.95 bits per heavy atom. The highest BCUT2D eigenvalue weighted by atomic mass is 32.2. The van der Waals surface area contributed by atoms with Crippen LogP contribution in [0.15, 0.2) is 29.2 Å². The zero-order chi connectivity index (χ0) is 14.0. The van der Waals surface area contributed by atoms with Crippen molar-refractivity contribution in [2.45, 2.75) is 20.8 Å². The van der Waals surface area contributed by atoms with E-state index in [1.54, 1.807) is 4.90 Å². The highest BCUT2D eigenvalue weighted by Gasteiger charge is 2.32. The van der Waals surface area contributed by atoms with E-state index in [4.69, 9.17) is 12.2 Å². The van der Waals surface area contributed by atoms with Gasteiger partial charge in [0.2, 0.25) is 0 Å². The molecular formula is C15H17NOS2. The zero-order valence-electron chi connectivity index (χ0n) is 11.3. The first-order valence-corrected chi connectivity index (χ1v) is 7.52. The number of carbonyl (C=O) groups is 1. The summed E-state index contributed by atoms with van der Waals surface area (Å²) >= 11 is 6.67. The summed E-state index contributed by atoms with van der Waals surface area (Å²) in [7, 11) is 0. The molecule has 0 atom stereocenters. The van der Waals surface area contributed by atoms with Crippen LogP contribution in [0.5, 0.6) is 0 Å². The van der Waals surface area contributed by atoms with Crippen LogP contribution in [-0.2, 0) is 4.79 Å². The number of hydrogen-bond acceptors (Lipinski definition) is 3. The molecule has 0 bridgehead atoms. The molecule has 2 nitrogen and oxygen atoms in total. The molecule has 1 saturated heterocycles. The van der Waals surface area contributed by atoms with E-state index >= 15 is 0 Å². The average molecular weight is 291 g/mol. The van der Waals surface area contributed by atoms with E-state index in [1.165, 1.54) is 17.3 Å². The van der Waals surface area contributed by atoms with Gasteiger partial charge in [-0.2, -0.15) is 0 Å². The van der Waals surface area contributed by atoms with Crippen molar-refractivity contribution in [2.24, 2.45) is 5.92 Å². The summed E-state index contributed by atoms with van der Waals surface area (Å²) in [6.07, 6.45) is 1.92. The Hall–Kier alpha value is -1.13. The van der Waals surface area contributed by atoms with E-state index < -0.39 is 0 Å². The molecule has 0 aliphatic carbocycles. The number of nitrogens with zero attached hydrogens (tertiary/aromatic N) is 1. The summed E-state index contributed by atoms with van der Waals surface area (Å²) < 4.78 is 0.664. The number of hydrogen-bond donors (Lipinski definition) is 0. The van der Waals surface area contributed by atoms with E-state index in [2.05, 4.69) is 13.8 Å². The first kappa shape index (κ1) is 14.3. The number of rotatable bonds is 3. The Labute approximate surface area is 123 Å². The summed E-state index contributed by atoms with van der Waals surface area (Å²) in [5, 5.41) is 0. The SMILES string of the molecule is Cc1ccc(/C=C2\SC(=S)N(CC(C)C)C2=O)cc1. The van der Waals surface area contributed by atoms with Gasteiger partial charge in [0.25, 0.3) is 5.91 Å². The molecule has 0 N–H and O–H groups in total. The lowest BCUT2D eigenvalue weighted by Gasteiger charge is -2.16. The summed E-state index contributed by atoms with van der Waals surface area (Å²) in [5.41, 5.74) is 2.25. The van der Waals surface area contributed by atoms with Crippen LogP contribution in [0.3, 0.4) is 0 Å². The van der Waals surface area contributed by atoms with E-state index in [0.717, 1.165) is 10.5 Å². The van der Waals surface area contributed by atoms with Gasteiger partial charge in [-0.15, -0.1) is 0 Å². The molecule has 19 heavy (non-hydrogen) atoms. The van der Waals surface area contributed by atoms with Crippen LogP contribution in [-0.4, -0.2) is 21.7 Å². The maximum Gasteiger partial charge on any atom is 0.266 e. The average Bonchev–Trinajstić information content (AvgIpc) is 2.60. The first-order chi connectivity index (χ1) is 8.97. The van der Waals surface area contributed by atoms with Crippen LogP contribution in [0.4, 0.5) is 0 Å². The van der Waals surface area contributed by atoms with E-state index in [9.17, 15) is 4.79 Å². The molecule has 0 radical (unpaired) electrons. The molecule has 1 amide bonds. The molecule has 1 fully saturated rings. The Bertz CT molecular complexity index is 532. The fourth-order valence-corrected chi connectivity index (χ4v) is 3.11. The van der Waals surface area contributed by atoms with E-state index in [0.29, 0.717) is 16.8 Å².